The summed E-state index contributed by atoms with van der Waals surface area (Å²) < 4.78 is 5.49. The summed E-state index contributed by atoms with van der Waals surface area (Å²) in [6.45, 7) is 4.38. The number of anilines is 2. The van der Waals surface area contributed by atoms with Gasteiger partial charge in [0.25, 0.3) is 0 Å². The van der Waals surface area contributed by atoms with E-state index in [9.17, 15) is 0 Å². The van der Waals surface area contributed by atoms with Crippen molar-refractivity contribution in [3.8, 4) is 6.01 Å². The zero-order chi connectivity index (χ0) is 14.4. The molecule has 0 bridgehead atoms. The Morgan fingerprint density at radius 2 is 1.95 bits per heavy atom. The molecule has 2 aromatic heterocycles. The third kappa shape index (κ3) is 4.04. The minimum atomic E-state index is 0.00532. The molecule has 2 heterocycles. The third-order valence-electron chi connectivity index (χ3n) is 2.33. The van der Waals surface area contributed by atoms with Crippen LogP contribution in [0.15, 0.2) is 24.4 Å². The number of hydrogen-bond donors (Lipinski definition) is 2. The van der Waals surface area contributed by atoms with E-state index in [-0.39, 0.29) is 6.10 Å². The highest BCUT2D eigenvalue weighted by Gasteiger charge is 2.08. The van der Waals surface area contributed by atoms with Crippen molar-refractivity contribution < 1.29 is 4.74 Å². The molecule has 20 heavy (non-hydrogen) atoms. The molecule has 2 N–H and O–H groups in total. The van der Waals surface area contributed by atoms with E-state index in [0.29, 0.717) is 24.5 Å². The van der Waals surface area contributed by atoms with Gasteiger partial charge in [-0.2, -0.15) is 15.0 Å². The molecule has 0 saturated heterocycles. The first-order valence-electron chi connectivity index (χ1n) is 6.41. The average molecular weight is 274 g/mol. The number of aromatic nitrogens is 4. The number of ether oxygens (including phenoxy) is 1. The van der Waals surface area contributed by atoms with E-state index in [1.54, 1.807) is 13.2 Å². The van der Waals surface area contributed by atoms with Gasteiger partial charge in [0.15, 0.2) is 0 Å². The molecule has 0 aliphatic carbocycles. The molecule has 0 aromatic carbocycles. The van der Waals surface area contributed by atoms with Crippen molar-refractivity contribution in [1.82, 2.24) is 19.9 Å². The lowest BCUT2D eigenvalue weighted by molar-refractivity contribution is 0.222. The van der Waals surface area contributed by atoms with Crippen molar-refractivity contribution >= 4 is 11.9 Å². The zero-order valence-electron chi connectivity index (χ0n) is 11.8. The molecule has 7 nitrogen and oxygen atoms in total. The number of nitrogens with zero attached hydrogens (tertiary/aromatic N) is 4. The van der Waals surface area contributed by atoms with Crippen molar-refractivity contribution in [2.24, 2.45) is 0 Å². The molecule has 0 aliphatic rings. The van der Waals surface area contributed by atoms with Crippen LogP contribution in [-0.4, -0.2) is 33.1 Å². The summed E-state index contributed by atoms with van der Waals surface area (Å²) >= 11 is 0. The minimum absolute atomic E-state index is 0.00532. The van der Waals surface area contributed by atoms with Gasteiger partial charge in [-0.1, -0.05) is 6.07 Å². The normalized spacial score (nSPS) is 10.4. The molecule has 0 amide bonds. The van der Waals surface area contributed by atoms with Crippen LogP contribution in [0.3, 0.4) is 0 Å². The Balaban J connectivity index is 2.10. The van der Waals surface area contributed by atoms with Gasteiger partial charge in [-0.3, -0.25) is 4.98 Å². The van der Waals surface area contributed by atoms with Gasteiger partial charge >= 0.3 is 6.01 Å². The summed E-state index contributed by atoms with van der Waals surface area (Å²) in [5.41, 5.74) is 0.908. The summed E-state index contributed by atoms with van der Waals surface area (Å²) in [4.78, 5) is 16.8. The van der Waals surface area contributed by atoms with Gasteiger partial charge < -0.3 is 15.4 Å². The van der Waals surface area contributed by atoms with Crippen molar-refractivity contribution in [3.63, 3.8) is 0 Å². The van der Waals surface area contributed by atoms with Gasteiger partial charge in [0.2, 0.25) is 11.9 Å². The van der Waals surface area contributed by atoms with Crippen LogP contribution in [0, 0.1) is 0 Å². The quantitative estimate of drug-likeness (QED) is 0.829. The Morgan fingerprint density at radius 3 is 2.60 bits per heavy atom. The zero-order valence-corrected chi connectivity index (χ0v) is 11.8. The van der Waals surface area contributed by atoms with Crippen LogP contribution in [0.4, 0.5) is 11.9 Å². The summed E-state index contributed by atoms with van der Waals surface area (Å²) in [5, 5.41) is 5.99. The second-order valence-electron chi connectivity index (χ2n) is 4.36. The maximum atomic E-state index is 5.49. The number of pyridine rings is 1. The highest BCUT2D eigenvalue weighted by atomic mass is 16.5. The first-order chi connectivity index (χ1) is 9.67. The van der Waals surface area contributed by atoms with Gasteiger partial charge in [-0.05, 0) is 26.0 Å². The fourth-order valence-corrected chi connectivity index (χ4v) is 1.48. The summed E-state index contributed by atoms with van der Waals surface area (Å²) in [7, 11) is 1.75. The van der Waals surface area contributed by atoms with E-state index in [1.165, 1.54) is 0 Å². The van der Waals surface area contributed by atoms with Crippen molar-refractivity contribution in [2.45, 2.75) is 26.5 Å². The standard InChI is InChI=1S/C13H18N6O/c1-9(2)20-13-18-11(14-3)17-12(19-13)16-8-10-6-4-5-7-15-10/h4-7,9H,8H2,1-3H3,(H2,14,16,17,18,19). The number of rotatable bonds is 6. The molecule has 2 rings (SSSR count). The Hall–Kier alpha value is -2.44. The van der Waals surface area contributed by atoms with Crippen LogP contribution in [0.25, 0.3) is 0 Å². The van der Waals surface area contributed by atoms with Crippen LogP contribution >= 0.6 is 0 Å². The highest BCUT2D eigenvalue weighted by Crippen LogP contribution is 2.12. The molecule has 0 radical (unpaired) electrons. The maximum absolute atomic E-state index is 5.49. The molecule has 0 unspecified atom stereocenters. The van der Waals surface area contributed by atoms with E-state index in [1.807, 2.05) is 32.0 Å². The maximum Gasteiger partial charge on any atom is 0.323 e. The molecule has 0 spiro atoms. The monoisotopic (exact) mass is 274 g/mol. The Labute approximate surface area is 117 Å². The molecule has 0 saturated carbocycles. The molecular formula is C13H18N6O. The summed E-state index contributed by atoms with van der Waals surface area (Å²) in [6, 6.07) is 6.03. The predicted molar refractivity (Wildman–Crippen MR) is 76.7 cm³/mol. The topological polar surface area (TPSA) is 84.9 Å². The smallest absolute Gasteiger partial charge is 0.323 e. The van der Waals surface area contributed by atoms with Gasteiger partial charge in [-0.15, -0.1) is 0 Å². The van der Waals surface area contributed by atoms with Gasteiger partial charge in [0.1, 0.15) is 0 Å². The van der Waals surface area contributed by atoms with Crippen molar-refractivity contribution in [1.29, 1.82) is 0 Å². The lowest BCUT2D eigenvalue weighted by Crippen LogP contribution is -2.13. The van der Waals surface area contributed by atoms with Crippen LogP contribution in [-0.2, 0) is 6.54 Å². The molecule has 2 aromatic rings. The second kappa shape index (κ2) is 6.65. The van der Waals surface area contributed by atoms with Gasteiger partial charge in [0, 0.05) is 13.2 Å². The molecule has 0 atom stereocenters. The number of hydrogen-bond acceptors (Lipinski definition) is 7. The van der Waals surface area contributed by atoms with E-state index >= 15 is 0 Å². The molecule has 0 aliphatic heterocycles. The van der Waals surface area contributed by atoms with Crippen LogP contribution in [0.5, 0.6) is 6.01 Å². The Bertz CT molecular complexity index is 546. The van der Waals surface area contributed by atoms with Crippen LogP contribution in [0.2, 0.25) is 0 Å². The van der Waals surface area contributed by atoms with Crippen LogP contribution < -0.4 is 15.4 Å². The first-order valence-corrected chi connectivity index (χ1v) is 6.41. The Morgan fingerprint density at radius 1 is 1.15 bits per heavy atom. The van der Waals surface area contributed by atoms with Crippen LogP contribution in [0.1, 0.15) is 19.5 Å². The largest absolute Gasteiger partial charge is 0.461 e. The van der Waals surface area contributed by atoms with E-state index in [2.05, 4.69) is 30.6 Å². The van der Waals surface area contributed by atoms with Crippen molar-refractivity contribution in [2.75, 3.05) is 17.7 Å². The highest BCUT2D eigenvalue weighted by molar-refractivity contribution is 5.35. The predicted octanol–water partition coefficient (Wildman–Crippen LogP) is 1.71. The molecule has 7 heteroatoms. The lowest BCUT2D eigenvalue weighted by Gasteiger charge is -2.11. The second-order valence-corrected chi connectivity index (χ2v) is 4.36. The lowest BCUT2D eigenvalue weighted by atomic mass is 10.3. The molecule has 0 fully saturated rings. The Kier molecular flexibility index (Phi) is 4.65. The fraction of sp³-hybridized carbons (Fsp3) is 0.385. The SMILES string of the molecule is CNc1nc(NCc2ccccn2)nc(OC(C)C)n1. The first kappa shape index (κ1) is 14.0. The van der Waals surface area contributed by atoms with Gasteiger partial charge in [0.05, 0.1) is 18.3 Å². The third-order valence-corrected chi connectivity index (χ3v) is 2.33. The van der Waals surface area contributed by atoms with Gasteiger partial charge in [-0.25, -0.2) is 0 Å². The van der Waals surface area contributed by atoms with Crippen molar-refractivity contribution in [3.05, 3.63) is 30.1 Å². The minimum Gasteiger partial charge on any atom is -0.461 e. The molecular weight excluding hydrogens is 256 g/mol. The van der Waals surface area contributed by atoms with E-state index in [0.717, 1.165) is 5.69 Å². The average Bonchev–Trinajstić information content (AvgIpc) is 2.45. The van der Waals surface area contributed by atoms with E-state index in [4.69, 9.17) is 4.74 Å². The fourth-order valence-electron chi connectivity index (χ4n) is 1.48. The summed E-state index contributed by atoms with van der Waals surface area (Å²) in [5.74, 6) is 0.907. The molecule has 106 valence electrons. The summed E-state index contributed by atoms with van der Waals surface area (Å²) in [6.07, 6.45) is 1.75. The number of nitrogens with one attached hydrogen (secondary N) is 2. The van der Waals surface area contributed by atoms with E-state index < -0.39 is 0 Å².